The second-order valence-electron chi connectivity index (χ2n) is 10.1. The molecule has 0 fully saturated rings. The Balaban J connectivity index is 3.37. The van der Waals surface area contributed by atoms with Gasteiger partial charge in [0.05, 0.1) is 13.2 Å². The molecule has 0 rings (SSSR count). The summed E-state index contributed by atoms with van der Waals surface area (Å²) in [5.74, 6) is -0.917. The van der Waals surface area contributed by atoms with E-state index in [4.69, 9.17) is 9.47 Å². The van der Waals surface area contributed by atoms with Gasteiger partial charge in [-0.15, -0.1) is 0 Å². The van der Waals surface area contributed by atoms with Crippen LogP contribution in [0.25, 0.3) is 0 Å². The summed E-state index contributed by atoms with van der Waals surface area (Å²) in [6.45, 7) is 5.36. The highest BCUT2D eigenvalue weighted by atomic mass is 16.5. The fourth-order valence-electron chi connectivity index (χ4n) is 4.29. The quantitative estimate of drug-likeness (QED) is 0.0648. The molecule has 0 aromatic carbocycles. The first-order valence-corrected chi connectivity index (χ1v) is 15.2. The molecule has 0 aliphatic rings. The Kier molecular flexibility index (Phi) is 27.8. The van der Waals surface area contributed by atoms with Crippen LogP contribution < -0.4 is 0 Å². The van der Waals surface area contributed by atoms with Crippen molar-refractivity contribution in [3.05, 3.63) is 12.2 Å². The van der Waals surface area contributed by atoms with Gasteiger partial charge in [0.15, 0.2) is 0 Å². The lowest BCUT2D eigenvalue weighted by Crippen LogP contribution is -2.06. The maximum Gasteiger partial charge on any atom is 0.331 e. The lowest BCUT2D eigenvalue weighted by Gasteiger charge is -2.04. The van der Waals surface area contributed by atoms with E-state index in [9.17, 15) is 9.59 Å². The lowest BCUT2D eigenvalue weighted by molar-refractivity contribution is -0.140. The summed E-state index contributed by atoms with van der Waals surface area (Å²) < 4.78 is 10.3. The first-order valence-electron chi connectivity index (χ1n) is 15.2. The van der Waals surface area contributed by atoms with E-state index in [0.717, 1.165) is 25.7 Å². The van der Waals surface area contributed by atoms with Crippen LogP contribution in [0.1, 0.15) is 162 Å². The monoisotopic (exact) mass is 494 g/mol. The van der Waals surface area contributed by atoms with E-state index < -0.39 is 11.9 Å². The van der Waals surface area contributed by atoms with Crippen molar-refractivity contribution in [2.75, 3.05) is 13.2 Å². The molecular formula is C31H58O4. The zero-order valence-corrected chi connectivity index (χ0v) is 23.5. The Morgan fingerprint density at radius 1 is 0.400 bits per heavy atom. The van der Waals surface area contributed by atoms with Gasteiger partial charge in [0.2, 0.25) is 0 Å². The third-order valence-corrected chi connectivity index (χ3v) is 6.59. The van der Waals surface area contributed by atoms with E-state index in [1.807, 2.05) is 0 Å². The second-order valence-corrected chi connectivity index (χ2v) is 10.1. The Morgan fingerprint density at radius 2 is 0.629 bits per heavy atom. The Morgan fingerprint density at radius 3 is 0.886 bits per heavy atom. The predicted molar refractivity (Wildman–Crippen MR) is 149 cm³/mol. The van der Waals surface area contributed by atoms with Crippen molar-refractivity contribution < 1.29 is 19.1 Å². The Bertz CT molecular complexity index is 486. The van der Waals surface area contributed by atoms with Crippen LogP contribution in [0.5, 0.6) is 0 Å². The zero-order valence-electron chi connectivity index (χ0n) is 23.5. The third-order valence-electron chi connectivity index (χ3n) is 6.59. The highest BCUT2D eigenvalue weighted by Gasteiger charge is 2.02. The van der Waals surface area contributed by atoms with Crippen molar-refractivity contribution in [1.82, 2.24) is 0 Å². The highest BCUT2D eigenvalue weighted by molar-refractivity contribution is 5.91. The topological polar surface area (TPSA) is 52.6 Å². The van der Waals surface area contributed by atoms with E-state index in [-0.39, 0.29) is 0 Å². The molecule has 0 spiro atoms. The summed E-state index contributed by atoms with van der Waals surface area (Å²) >= 11 is 0. The molecule has 0 N–H and O–H groups in total. The number of esters is 2. The van der Waals surface area contributed by atoms with Crippen LogP contribution in [0, 0.1) is 0 Å². The van der Waals surface area contributed by atoms with Crippen LogP contribution in [0.3, 0.4) is 0 Å². The predicted octanol–water partition coefficient (Wildman–Crippen LogP) is 9.64. The van der Waals surface area contributed by atoms with E-state index in [1.165, 1.54) is 134 Å². The summed E-state index contributed by atoms with van der Waals surface area (Å²) in [4.78, 5) is 23.4. The van der Waals surface area contributed by atoms with Crippen molar-refractivity contribution in [1.29, 1.82) is 0 Å². The van der Waals surface area contributed by atoms with Gasteiger partial charge in [-0.1, -0.05) is 149 Å². The minimum absolute atomic E-state index is 0.425. The van der Waals surface area contributed by atoms with E-state index in [0.29, 0.717) is 13.2 Å². The highest BCUT2D eigenvalue weighted by Crippen LogP contribution is 2.12. The molecule has 0 aliphatic heterocycles. The van der Waals surface area contributed by atoms with E-state index in [2.05, 4.69) is 13.8 Å². The molecule has 4 nitrogen and oxygen atoms in total. The van der Waals surface area contributed by atoms with Crippen LogP contribution in [-0.2, 0) is 19.1 Å². The average Bonchev–Trinajstić information content (AvgIpc) is 2.86. The fourth-order valence-corrected chi connectivity index (χ4v) is 4.29. The third kappa shape index (κ3) is 28.8. The van der Waals surface area contributed by atoms with Crippen molar-refractivity contribution in [3.8, 4) is 0 Å². The SMILES string of the molecule is CCCCCCCCCCCCCCOC(=O)/C=C/C(=O)OCCCCCCCCCCCCC. The van der Waals surface area contributed by atoms with Crippen molar-refractivity contribution in [3.63, 3.8) is 0 Å². The number of unbranched alkanes of at least 4 members (excludes halogenated alkanes) is 21. The summed E-state index contributed by atoms with van der Waals surface area (Å²) in [7, 11) is 0. The largest absolute Gasteiger partial charge is 0.463 e. The maximum atomic E-state index is 11.7. The average molecular weight is 495 g/mol. The van der Waals surface area contributed by atoms with Crippen molar-refractivity contribution >= 4 is 11.9 Å². The minimum Gasteiger partial charge on any atom is -0.463 e. The maximum absolute atomic E-state index is 11.7. The van der Waals surface area contributed by atoms with Crippen LogP contribution in [0.4, 0.5) is 0 Å². The minimum atomic E-state index is -0.459. The van der Waals surface area contributed by atoms with Gasteiger partial charge in [0.25, 0.3) is 0 Å². The first-order chi connectivity index (χ1) is 17.2. The van der Waals surface area contributed by atoms with E-state index in [1.54, 1.807) is 0 Å². The van der Waals surface area contributed by atoms with Crippen molar-refractivity contribution in [2.45, 2.75) is 162 Å². The lowest BCUT2D eigenvalue weighted by atomic mass is 10.1. The Hall–Kier alpha value is -1.32. The van der Waals surface area contributed by atoms with Gasteiger partial charge in [-0.3, -0.25) is 0 Å². The molecule has 0 amide bonds. The van der Waals surface area contributed by atoms with Gasteiger partial charge in [-0.05, 0) is 12.8 Å². The fraction of sp³-hybridized carbons (Fsp3) is 0.871. The summed E-state index contributed by atoms with van der Waals surface area (Å²) in [6, 6.07) is 0. The summed E-state index contributed by atoms with van der Waals surface area (Å²) in [6.07, 6.45) is 31.6. The molecule has 0 heterocycles. The summed E-state index contributed by atoms with van der Waals surface area (Å²) in [5, 5.41) is 0. The molecule has 0 atom stereocenters. The van der Waals surface area contributed by atoms with Gasteiger partial charge < -0.3 is 9.47 Å². The molecule has 0 aromatic rings. The number of rotatable bonds is 27. The van der Waals surface area contributed by atoms with Gasteiger partial charge in [0.1, 0.15) is 0 Å². The van der Waals surface area contributed by atoms with Crippen LogP contribution in [-0.4, -0.2) is 25.2 Å². The van der Waals surface area contributed by atoms with Gasteiger partial charge in [-0.25, -0.2) is 9.59 Å². The standard InChI is InChI=1S/C31H58O4/c1-3-5-7-9-11-13-15-17-19-21-23-25-29-35-31(33)27-26-30(32)34-28-24-22-20-18-16-14-12-10-8-6-4-2/h26-27H,3-25,28-29H2,1-2H3/b27-26+. The number of carbonyl (C=O) groups excluding carboxylic acids is 2. The van der Waals surface area contributed by atoms with E-state index >= 15 is 0 Å². The van der Waals surface area contributed by atoms with Crippen molar-refractivity contribution in [2.24, 2.45) is 0 Å². The molecule has 35 heavy (non-hydrogen) atoms. The first kappa shape index (κ1) is 33.7. The molecule has 0 saturated carbocycles. The number of hydrogen-bond donors (Lipinski definition) is 0. The smallest absolute Gasteiger partial charge is 0.331 e. The van der Waals surface area contributed by atoms with Gasteiger partial charge >= 0.3 is 11.9 Å². The molecule has 0 unspecified atom stereocenters. The molecule has 0 radical (unpaired) electrons. The number of carbonyl (C=O) groups is 2. The van der Waals surface area contributed by atoms with Gasteiger partial charge in [-0.2, -0.15) is 0 Å². The summed E-state index contributed by atoms with van der Waals surface area (Å²) in [5.41, 5.74) is 0. The van der Waals surface area contributed by atoms with Crippen LogP contribution >= 0.6 is 0 Å². The molecule has 0 aromatic heterocycles. The second kappa shape index (κ2) is 28.9. The molecule has 0 aliphatic carbocycles. The molecular weight excluding hydrogens is 436 g/mol. The number of hydrogen-bond acceptors (Lipinski definition) is 4. The van der Waals surface area contributed by atoms with Crippen LogP contribution in [0.2, 0.25) is 0 Å². The van der Waals surface area contributed by atoms with Gasteiger partial charge in [0, 0.05) is 12.2 Å². The Labute approximate surface area is 218 Å². The molecule has 0 saturated heterocycles. The molecule has 0 bridgehead atoms. The zero-order chi connectivity index (χ0) is 25.7. The number of ether oxygens (including phenoxy) is 2. The normalized spacial score (nSPS) is 11.3. The molecule has 206 valence electrons. The molecule has 4 heteroatoms. The van der Waals surface area contributed by atoms with Crippen LogP contribution in [0.15, 0.2) is 12.2 Å².